The van der Waals surface area contributed by atoms with Gasteiger partial charge in [0.2, 0.25) is 17.7 Å². The van der Waals surface area contributed by atoms with Crippen LogP contribution in [-0.4, -0.2) is 32.5 Å². The molecule has 1 saturated heterocycles. The molecule has 3 atom stereocenters. The number of pyridine rings is 1. The number of amides is 3. The lowest BCUT2D eigenvalue weighted by atomic mass is 9.84. The summed E-state index contributed by atoms with van der Waals surface area (Å²) in [7, 11) is 0. The Kier molecular flexibility index (Phi) is 6.40. The number of carbonyl (C=O) groups excluding carboxylic acids is 3. The molecule has 3 amide bonds. The molecule has 0 bridgehead atoms. The Bertz CT molecular complexity index is 1670. The number of carbonyl (C=O) groups is 3. The number of aryl methyl sites for hydroxylation is 1. The van der Waals surface area contributed by atoms with Crippen LogP contribution < -0.4 is 15.1 Å². The second kappa shape index (κ2) is 9.90. The summed E-state index contributed by atoms with van der Waals surface area (Å²) in [5.41, 5.74) is 2.57. The van der Waals surface area contributed by atoms with Crippen LogP contribution in [0.5, 0.6) is 0 Å². The molecular formula is C28H21FN4O4S2. The van der Waals surface area contributed by atoms with Crippen molar-refractivity contribution in [3.05, 3.63) is 105 Å². The van der Waals surface area contributed by atoms with Gasteiger partial charge in [-0.15, -0.1) is 0 Å². The van der Waals surface area contributed by atoms with Gasteiger partial charge in [0, 0.05) is 28.9 Å². The molecule has 4 heterocycles. The van der Waals surface area contributed by atoms with Crippen LogP contribution in [0.2, 0.25) is 0 Å². The molecule has 2 aromatic heterocycles. The van der Waals surface area contributed by atoms with Gasteiger partial charge in [0.1, 0.15) is 17.6 Å². The standard InChI is InChI=1S/C28H21FN4O4S2/c1-15-4-2-6-18(12-15)31-20(34)14-32-27-24(39-28(32)37)21(16-5-3-11-30-13-16)22-23(38-27)26(36)33(25(22)35)19-9-7-17(29)8-10-19/h2-13,21-23H,14H2,1H3,(H,31,34). The predicted molar refractivity (Wildman–Crippen MR) is 146 cm³/mol. The Morgan fingerprint density at radius 3 is 2.56 bits per heavy atom. The van der Waals surface area contributed by atoms with Crippen molar-refractivity contribution < 1.29 is 18.8 Å². The zero-order chi connectivity index (χ0) is 27.3. The van der Waals surface area contributed by atoms with Crippen molar-refractivity contribution in [2.75, 3.05) is 10.2 Å². The summed E-state index contributed by atoms with van der Waals surface area (Å²) in [5, 5.41) is 2.47. The van der Waals surface area contributed by atoms with E-state index in [0.717, 1.165) is 33.6 Å². The predicted octanol–water partition coefficient (Wildman–Crippen LogP) is 4.19. The van der Waals surface area contributed by atoms with Gasteiger partial charge in [0.15, 0.2) is 0 Å². The highest BCUT2D eigenvalue weighted by molar-refractivity contribution is 8.00. The fourth-order valence-corrected chi connectivity index (χ4v) is 7.86. The van der Waals surface area contributed by atoms with Crippen LogP contribution >= 0.6 is 23.1 Å². The molecule has 39 heavy (non-hydrogen) atoms. The number of rotatable bonds is 5. The SMILES string of the molecule is Cc1cccc(NC(=O)Cn2c3c(sc2=O)C(c2cccnc2)C2C(=O)N(c4ccc(F)cc4)C(=O)C2S3)c1. The van der Waals surface area contributed by atoms with Gasteiger partial charge in [-0.1, -0.05) is 41.3 Å². The Labute approximate surface area is 230 Å². The first-order valence-electron chi connectivity index (χ1n) is 12.1. The molecule has 2 aliphatic heterocycles. The molecule has 0 spiro atoms. The third kappa shape index (κ3) is 4.47. The Morgan fingerprint density at radius 1 is 1.05 bits per heavy atom. The fraction of sp³-hybridized carbons (Fsp3) is 0.179. The van der Waals surface area contributed by atoms with E-state index in [1.165, 1.54) is 28.8 Å². The second-order valence-corrected chi connectivity index (χ2v) is 11.5. The number of aromatic nitrogens is 2. The maximum absolute atomic E-state index is 13.8. The number of hydrogen-bond donors (Lipinski definition) is 1. The largest absolute Gasteiger partial charge is 0.325 e. The van der Waals surface area contributed by atoms with E-state index < -0.39 is 34.7 Å². The minimum atomic E-state index is -0.833. The van der Waals surface area contributed by atoms with E-state index in [9.17, 15) is 23.6 Å². The van der Waals surface area contributed by atoms with Gasteiger partial charge in [-0.2, -0.15) is 0 Å². The topological polar surface area (TPSA) is 101 Å². The highest BCUT2D eigenvalue weighted by atomic mass is 32.2. The van der Waals surface area contributed by atoms with Crippen molar-refractivity contribution in [1.29, 1.82) is 0 Å². The first kappa shape index (κ1) is 25.2. The summed E-state index contributed by atoms with van der Waals surface area (Å²) in [4.78, 5) is 59.1. The molecule has 2 aromatic carbocycles. The number of nitrogens with one attached hydrogen (secondary N) is 1. The van der Waals surface area contributed by atoms with E-state index in [0.29, 0.717) is 21.2 Å². The molecule has 1 fully saturated rings. The number of thioether (sulfide) groups is 1. The first-order valence-corrected chi connectivity index (χ1v) is 13.8. The van der Waals surface area contributed by atoms with E-state index in [1.807, 2.05) is 31.2 Å². The first-order chi connectivity index (χ1) is 18.8. The number of halogens is 1. The number of hydrogen-bond acceptors (Lipinski definition) is 7. The van der Waals surface area contributed by atoms with E-state index in [1.54, 1.807) is 24.5 Å². The van der Waals surface area contributed by atoms with Gasteiger partial charge in [-0.3, -0.25) is 28.7 Å². The van der Waals surface area contributed by atoms with Crippen LogP contribution in [0, 0.1) is 18.7 Å². The van der Waals surface area contributed by atoms with Crippen molar-refractivity contribution >= 4 is 52.2 Å². The molecule has 196 valence electrons. The average molecular weight is 561 g/mol. The van der Waals surface area contributed by atoms with Gasteiger partial charge in [-0.25, -0.2) is 9.29 Å². The van der Waals surface area contributed by atoms with Crippen LogP contribution in [0.3, 0.4) is 0 Å². The summed E-state index contributed by atoms with van der Waals surface area (Å²) in [6, 6.07) is 16.1. The molecule has 0 aliphatic carbocycles. The molecule has 0 saturated carbocycles. The van der Waals surface area contributed by atoms with Crippen molar-refractivity contribution in [3.63, 3.8) is 0 Å². The van der Waals surface area contributed by atoms with Crippen LogP contribution in [-0.2, 0) is 20.9 Å². The molecule has 4 aromatic rings. The van der Waals surface area contributed by atoms with E-state index in [2.05, 4.69) is 10.3 Å². The third-order valence-corrected chi connectivity index (χ3v) is 9.38. The lowest BCUT2D eigenvalue weighted by molar-refractivity contribution is -0.122. The summed E-state index contributed by atoms with van der Waals surface area (Å²) in [6.07, 6.45) is 3.23. The van der Waals surface area contributed by atoms with Gasteiger partial charge in [-0.05, 0) is 60.5 Å². The van der Waals surface area contributed by atoms with E-state index >= 15 is 0 Å². The third-order valence-electron chi connectivity index (χ3n) is 6.78. The zero-order valence-electron chi connectivity index (χ0n) is 20.5. The van der Waals surface area contributed by atoms with Gasteiger partial charge < -0.3 is 5.32 Å². The molecule has 8 nitrogen and oxygen atoms in total. The van der Waals surface area contributed by atoms with Crippen LogP contribution in [0.25, 0.3) is 0 Å². The average Bonchev–Trinajstić information content (AvgIpc) is 3.36. The number of thiazole rings is 1. The van der Waals surface area contributed by atoms with Crippen LogP contribution in [0.15, 0.2) is 82.9 Å². The molecule has 1 N–H and O–H groups in total. The van der Waals surface area contributed by atoms with Crippen molar-refractivity contribution in [2.24, 2.45) is 5.92 Å². The minimum Gasteiger partial charge on any atom is -0.325 e. The Hall–Kier alpha value is -4.09. The lowest BCUT2D eigenvalue weighted by Crippen LogP contribution is -2.33. The smallest absolute Gasteiger partial charge is 0.308 e. The number of imide groups is 1. The maximum Gasteiger partial charge on any atom is 0.308 e. The number of benzene rings is 2. The van der Waals surface area contributed by atoms with Crippen molar-refractivity contribution in [3.8, 4) is 0 Å². The highest BCUT2D eigenvalue weighted by Gasteiger charge is 2.56. The molecule has 6 rings (SSSR count). The van der Waals surface area contributed by atoms with Gasteiger partial charge in [0.25, 0.3) is 0 Å². The van der Waals surface area contributed by atoms with Crippen LogP contribution in [0.4, 0.5) is 15.8 Å². The zero-order valence-corrected chi connectivity index (χ0v) is 22.2. The Morgan fingerprint density at radius 2 is 1.85 bits per heavy atom. The quantitative estimate of drug-likeness (QED) is 0.368. The number of nitrogens with zero attached hydrogens (tertiary/aromatic N) is 3. The summed E-state index contributed by atoms with van der Waals surface area (Å²) >= 11 is 2.09. The number of anilines is 2. The van der Waals surface area contributed by atoms with E-state index in [-0.39, 0.29) is 23.0 Å². The summed E-state index contributed by atoms with van der Waals surface area (Å²) in [6.45, 7) is 1.67. The van der Waals surface area contributed by atoms with E-state index in [4.69, 9.17) is 0 Å². The molecule has 2 aliphatic rings. The molecule has 11 heteroatoms. The summed E-state index contributed by atoms with van der Waals surface area (Å²) in [5.74, 6) is -3.14. The Balaban J connectivity index is 1.40. The van der Waals surface area contributed by atoms with Crippen molar-refractivity contribution in [1.82, 2.24) is 9.55 Å². The summed E-state index contributed by atoms with van der Waals surface area (Å²) < 4.78 is 14.9. The monoisotopic (exact) mass is 560 g/mol. The molecule has 3 unspecified atom stereocenters. The van der Waals surface area contributed by atoms with Gasteiger partial charge >= 0.3 is 4.87 Å². The van der Waals surface area contributed by atoms with Crippen LogP contribution in [0.1, 0.15) is 21.9 Å². The van der Waals surface area contributed by atoms with Crippen molar-refractivity contribution in [2.45, 2.75) is 29.7 Å². The molecular weight excluding hydrogens is 539 g/mol. The maximum atomic E-state index is 13.8. The highest BCUT2D eigenvalue weighted by Crippen LogP contribution is 2.53. The lowest BCUT2D eigenvalue weighted by Gasteiger charge is -2.30. The molecule has 0 radical (unpaired) electrons. The fourth-order valence-electron chi connectivity index (χ4n) is 5.09. The second-order valence-electron chi connectivity index (χ2n) is 9.36. The normalized spacial score (nSPS) is 20.1. The van der Waals surface area contributed by atoms with Gasteiger partial charge in [0.05, 0.1) is 16.6 Å². The number of fused-ring (bicyclic) bond motifs is 2. The minimum absolute atomic E-state index is 0.243.